The highest BCUT2D eigenvalue weighted by Crippen LogP contribution is 2.21. The Labute approximate surface area is 174 Å². The topological polar surface area (TPSA) is 67.2 Å². The molecule has 0 spiro atoms. The molecule has 0 fully saturated rings. The van der Waals surface area contributed by atoms with E-state index < -0.39 is 5.56 Å². The molecule has 0 bridgehead atoms. The second kappa shape index (κ2) is 8.92. The summed E-state index contributed by atoms with van der Waals surface area (Å²) < 4.78 is 1.31. The molecule has 1 amide bonds. The maximum absolute atomic E-state index is 12.6. The van der Waals surface area contributed by atoms with E-state index in [1.54, 1.807) is 11.9 Å². The Balaban J connectivity index is 1.73. The number of anilines is 2. The van der Waals surface area contributed by atoms with Crippen LogP contribution in [0.15, 0.2) is 59.5 Å². The van der Waals surface area contributed by atoms with E-state index in [-0.39, 0.29) is 17.5 Å². The lowest BCUT2D eigenvalue weighted by molar-refractivity contribution is -0.114. The van der Waals surface area contributed by atoms with Crippen LogP contribution in [0, 0.1) is 13.8 Å². The fourth-order valence-electron chi connectivity index (χ4n) is 2.97. The van der Waals surface area contributed by atoms with Gasteiger partial charge in [0.1, 0.15) is 5.02 Å². The van der Waals surface area contributed by atoms with Crippen LogP contribution in [0.3, 0.4) is 0 Å². The molecule has 0 aliphatic heterocycles. The van der Waals surface area contributed by atoms with Crippen LogP contribution in [0.4, 0.5) is 11.4 Å². The highest BCUT2D eigenvalue weighted by atomic mass is 35.5. The number of likely N-dealkylation sites (N-methyl/N-ethyl adjacent to an activating group) is 1. The molecule has 29 heavy (non-hydrogen) atoms. The van der Waals surface area contributed by atoms with Crippen molar-refractivity contribution in [2.45, 2.75) is 20.4 Å². The number of benzene rings is 2. The molecule has 0 aliphatic carbocycles. The quantitative estimate of drug-likeness (QED) is 0.673. The van der Waals surface area contributed by atoms with Crippen LogP contribution in [0.5, 0.6) is 0 Å². The smallest absolute Gasteiger partial charge is 0.287 e. The lowest BCUT2D eigenvalue weighted by atomic mass is 10.1. The lowest BCUT2D eigenvalue weighted by Crippen LogP contribution is -2.33. The van der Waals surface area contributed by atoms with Gasteiger partial charge in [0.25, 0.3) is 5.56 Å². The zero-order chi connectivity index (χ0) is 21.0. The highest BCUT2D eigenvalue weighted by molar-refractivity contribution is 6.33. The Hall–Kier alpha value is -3.12. The molecule has 0 saturated heterocycles. The van der Waals surface area contributed by atoms with Crippen molar-refractivity contribution in [2.75, 3.05) is 23.8 Å². The summed E-state index contributed by atoms with van der Waals surface area (Å²) in [6.07, 6.45) is 1.51. The first kappa shape index (κ1) is 20.6. The Bertz CT molecular complexity index is 1080. The van der Waals surface area contributed by atoms with Crippen LogP contribution < -0.4 is 15.8 Å². The van der Waals surface area contributed by atoms with Gasteiger partial charge in [-0.1, -0.05) is 54.1 Å². The third-order valence-corrected chi connectivity index (χ3v) is 5.17. The van der Waals surface area contributed by atoms with E-state index in [2.05, 4.69) is 10.4 Å². The van der Waals surface area contributed by atoms with Gasteiger partial charge in [0, 0.05) is 12.7 Å². The van der Waals surface area contributed by atoms with E-state index in [9.17, 15) is 9.59 Å². The fraction of sp³-hybridized carbons (Fsp3) is 0.227. The highest BCUT2D eigenvalue weighted by Gasteiger charge is 2.16. The zero-order valence-electron chi connectivity index (χ0n) is 16.6. The molecule has 0 saturated carbocycles. The van der Waals surface area contributed by atoms with E-state index in [0.29, 0.717) is 12.2 Å². The van der Waals surface area contributed by atoms with E-state index in [1.165, 1.54) is 10.9 Å². The molecule has 6 nitrogen and oxygen atoms in total. The number of rotatable bonds is 6. The predicted octanol–water partition coefficient (Wildman–Crippen LogP) is 3.64. The largest absolute Gasteiger partial charge is 0.363 e. The minimum absolute atomic E-state index is 0.0386. The minimum atomic E-state index is -0.394. The maximum Gasteiger partial charge on any atom is 0.287 e. The number of carbonyl (C=O) groups is 1. The summed E-state index contributed by atoms with van der Waals surface area (Å²) in [7, 11) is 1.70. The average molecular weight is 411 g/mol. The molecule has 7 heteroatoms. The van der Waals surface area contributed by atoms with Crippen molar-refractivity contribution < 1.29 is 4.79 Å². The number of hydrogen-bond acceptors (Lipinski definition) is 4. The van der Waals surface area contributed by atoms with E-state index in [0.717, 1.165) is 22.4 Å². The van der Waals surface area contributed by atoms with Crippen molar-refractivity contribution in [1.29, 1.82) is 0 Å². The lowest BCUT2D eigenvalue weighted by Gasteiger charge is -2.20. The number of aromatic nitrogens is 2. The van der Waals surface area contributed by atoms with Gasteiger partial charge in [-0.3, -0.25) is 9.59 Å². The van der Waals surface area contributed by atoms with Crippen molar-refractivity contribution in [3.63, 3.8) is 0 Å². The summed E-state index contributed by atoms with van der Waals surface area (Å²) >= 11 is 6.30. The van der Waals surface area contributed by atoms with E-state index >= 15 is 0 Å². The third-order valence-electron chi connectivity index (χ3n) is 4.81. The zero-order valence-corrected chi connectivity index (χ0v) is 17.4. The van der Waals surface area contributed by atoms with Crippen LogP contribution in [0.2, 0.25) is 5.02 Å². The van der Waals surface area contributed by atoms with Crippen molar-refractivity contribution in [2.24, 2.45) is 0 Å². The van der Waals surface area contributed by atoms with Crippen molar-refractivity contribution in [1.82, 2.24) is 9.78 Å². The van der Waals surface area contributed by atoms with E-state index in [4.69, 9.17) is 11.6 Å². The summed E-state index contributed by atoms with van der Waals surface area (Å²) in [5, 5.41) is 7.16. The van der Waals surface area contributed by atoms with Crippen molar-refractivity contribution in [3.8, 4) is 0 Å². The SMILES string of the molecule is Cc1cccc(NC(=O)CN(C)c2cnn(Cc3ccccc3)c(=O)c2Cl)c1C. The number of nitrogens with one attached hydrogen (secondary N) is 1. The molecule has 0 unspecified atom stereocenters. The number of halogens is 1. The molecule has 3 rings (SSSR count). The fourth-order valence-corrected chi connectivity index (χ4v) is 3.26. The molecule has 0 aliphatic rings. The first-order valence-corrected chi connectivity index (χ1v) is 9.61. The Morgan fingerprint density at radius 1 is 1.14 bits per heavy atom. The summed E-state index contributed by atoms with van der Waals surface area (Å²) in [5.41, 5.74) is 3.86. The van der Waals surface area contributed by atoms with E-state index in [1.807, 2.05) is 62.4 Å². The number of amides is 1. The van der Waals surface area contributed by atoms with Gasteiger partial charge in [-0.15, -0.1) is 0 Å². The Kier molecular flexibility index (Phi) is 6.34. The summed E-state index contributed by atoms with van der Waals surface area (Å²) in [4.78, 5) is 26.7. The molecule has 0 atom stereocenters. The van der Waals surface area contributed by atoms with Crippen LogP contribution >= 0.6 is 11.6 Å². The van der Waals surface area contributed by atoms with Gasteiger partial charge >= 0.3 is 0 Å². The summed E-state index contributed by atoms with van der Waals surface area (Å²) in [6, 6.07) is 15.3. The standard InChI is InChI=1S/C22H23ClN4O2/c1-15-8-7-11-18(16(15)2)25-20(28)14-26(3)19-12-24-27(22(29)21(19)23)13-17-9-5-4-6-10-17/h4-12H,13-14H2,1-3H3,(H,25,28). The molecule has 1 heterocycles. The molecular weight excluding hydrogens is 388 g/mol. The summed E-state index contributed by atoms with van der Waals surface area (Å²) in [6.45, 7) is 4.32. The molecule has 2 aromatic carbocycles. The molecule has 1 N–H and O–H groups in total. The predicted molar refractivity (Wildman–Crippen MR) is 117 cm³/mol. The first-order valence-electron chi connectivity index (χ1n) is 9.23. The van der Waals surface area contributed by atoms with Crippen LogP contribution in [-0.4, -0.2) is 29.3 Å². The normalized spacial score (nSPS) is 10.6. The van der Waals surface area contributed by atoms with Gasteiger partial charge in [0.15, 0.2) is 0 Å². The first-order chi connectivity index (χ1) is 13.9. The van der Waals surface area contributed by atoms with Gasteiger partial charge in [-0.2, -0.15) is 5.10 Å². The number of carbonyl (C=O) groups excluding carboxylic acids is 1. The van der Waals surface area contributed by atoms with Crippen LogP contribution in [0.25, 0.3) is 0 Å². The Morgan fingerprint density at radius 2 is 1.86 bits per heavy atom. The second-order valence-electron chi connectivity index (χ2n) is 6.94. The summed E-state index contributed by atoms with van der Waals surface area (Å²) in [5.74, 6) is -0.203. The molecule has 150 valence electrons. The van der Waals surface area contributed by atoms with Gasteiger partial charge in [-0.25, -0.2) is 4.68 Å². The molecule has 0 radical (unpaired) electrons. The number of hydrogen-bond donors (Lipinski definition) is 1. The molecular formula is C22H23ClN4O2. The molecule has 3 aromatic rings. The van der Waals surface area contributed by atoms with Gasteiger partial charge in [0.05, 0.1) is 25.0 Å². The maximum atomic E-state index is 12.6. The van der Waals surface area contributed by atoms with Gasteiger partial charge < -0.3 is 10.2 Å². The Morgan fingerprint density at radius 3 is 2.59 bits per heavy atom. The molecule has 1 aromatic heterocycles. The van der Waals surface area contributed by atoms with Crippen molar-refractivity contribution >= 4 is 28.9 Å². The van der Waals surface area contributed by atoms with Crippen molar-refractivity contribution in [3.05, 3.63) is 86.8 Å². The number of aryl methyl sites for hydroxylation is 1. The van der Waals surface area contributed by atoms with Crippen LogP contribution in [0.1, 0.15) is 16.7 Å². The monoisotopic (exact) mass is 410 g/mol. The number of nitrogens with zero attached hydrogens (tertiary/aromatic N) is 3. The average Bonchev–Trinajstić information content (AvgIpc) is 2.70. The van der Waals surface area contributed by atoms with Gasteiger partial charge in [-0.05, 0) is 36.6 Å². The van der Waals surface area contributed by atoms with Crippen LogP contribution in [-0.2, 0) is 11.3 Å². The third kappa shape index (κ3) is 4.84. The second-order valence-corrected chi connectivity index (χ2v) is 7.32. The van der Waals surface area contributed by atoms with Gasteiger partial charge in [0.2, 0.25) is 5.91 Å². The minimum Gasteiger partial charge on any atom is -0.363 e.